The molecular formula is C17H23N3O3S. The first kappa shape index (κ1) is 17.1. The molecule has 130 valence electrons. The van der Waals surface area contributed by atoms with E-state index in [0.717, 1.165) is 36.1 Å². The highest BCUT2D eigenvalue weighted by atomic mass is 32.2. The summed E-state index contributed by atoms with van der Waals surface area (Å²) in [6.07, 6.45) is 4.63. The lowest BCUT2D eigenvalue weighted by atomic mass is 10.1. The van der Waals surface area contributed by atoms with E-state index in [1.54, 1.807) is 18.3 Å². The number of hydrogen-bond donors (Lipinski definition) is 1. The third kappa shape index (κ3) is 3.85. The number of nitrogens with one attached hydrogen (secondary N) is 1. The van der Waals surface area contributed by atoms with Crippen LogP contribution < -0.4 is 4.72 Å². The molecule has 0 fully saturated rings. The first-order valence-corrected chi connectivity index (χ1v) is 9.78. The fourth-order valence-corrected chi connectivity index (χ4v) is 3.92. The molecule has 3 rings (SSSR count). The van der Waals surface area contributed by atoms with Crippen molar-refractivity contribution in [2.45, 2.75) is 44.2 Å². The van der Waals surface area contributed by atoms with Crippen LogP contribution in [0.5, 0.6) is 0 Å². The van der Waals surface area contributed by atoms with Gasteiger partial charge in [0.05, 0.1) is 30.9 Å². The number of rotatable bonds is 7. The highest BCUT2D eigenvalue weighted by Crippen LogP contribution is 2.16. The van der Waals surface area contributed by atoms with Crippen molar-refractivity contribution < 1.29 is 13.2 Å². The molecule has 1 aromatic carbocycles. The van der Waals surface area contributed by atoms with Crippen LogP contribution in [-0.4, -0.2) is 31.3 Å². The Hall–Kier alpha value is -1.70. The molecule has 2 aromatic rings. The fourth-order valence-electron chi connectivity index (χ4n) is 2.90. The van der Waals surface area contributed by atoms with Crippen molar-refractivity contribution in [3.63, 3.8) is 0 Å². The standard InChI is InChI=1S/C17H23N3O3S/c1-2-3-14-4-6-16(7-5-14)24(21,22)19-9-10-20-17-8-11-23-13-15(17)12-18-20/h4-7,12,19H,2-3,8-11,13H2,1H3. The maximum absolute atomic E-state index is 12.4. The van der Waals surface area contributed by atoms with Gasteiger partial charge in [0.1, 0.15) is 0 Å². The molecule has 0 aliphatic carbocycles. The zero-order valence-electron chi connectivity index (χ0n) is 13.9. The number of nitrogens with zero attached hydrogens (tertiary/aromatic N) is 2. The molecule has 1 aromatic heterocycles. The van der Waals surface area contributed by atoms with Gasteiger partial charge in [-0.3, -0.25) is 4.68 Å². The molecule has 0 radical (unpaired) electrons. The summed E-state index contributed by atoms with van der Waals surface area (Å²) in [6, 6.07) is 7.09. The average molecular weight is 349 g/mol. The van der Waals surface area contributed by atoms with Crippen molar-refractivity contribution >= 4 is 10.0 Å². The number of ether oxygens (including phenoxy) is 1. The maximum Gasteiger partial charge on any atom is 0.240 e. The van der Waals surface area contributed by atoms with Crippen molar-refractivity contribution in [1.82, 2.24) is 14.5 Å². The number of hydrogen-bond acceptors (Lipinski definition) is 4. The molecule has 0 unspecified atom stereocenters. The van der Waals surface area contributed by atoms with Crippen LogP contribution in [0.15, 0.2) is 35.4 Å². The summed E-state index contributed by atoms with van der Waals surface area (Å²) in [5.74, 6) is 0. The summed E-state index contributed by atoms with van der Waals surface area (Å²) in [6.45, 7) is 4.21. The number of aryl methyl sites for hydroxylation is 1. The number of benzene rings is 1. The number of sulfonamides is 1. The minimum absolute atomic E-state index is 0.304. The molecule has 7 heteroatoms. The van der Waals surface area contributed by atoms with Gasteiger partial charge in [0.15, 0.2) is 0 Å². The topological polar surface area (TPSA) is 73.2 Å². The van der Waals surface area contributed by atoms with E-state index in [0.29, 0.717) is 31.2 Å². The SMILES string of the molecule is CCCc1ccc(S(=O)(=O)NCCn2ncc3c2CCOC3)cc1. The summed E-state index contributed by atoms with van der Waals surface area (Å²) >= 11 is 0. The van der Waals surface area contributed by atoms with Crippen molar-refractivity contribution in [3.05, 3.63) is 47.3 Å². The van der Waals surface area contributed by atoms with E-state index in [9.17, 15) is 8.42 Å². The van der Waals surface area contributed by atoms with E-state index in [-0.39, 0.29) is 0 Å². The van der Waals surface area contributed by atoms with Crippen LogP contribution in [-0.2, 0) is 40.8 Å². The van der Waals surface area contributed by atoms with E-state index in [4.69, 9.17) is 4.74 Å². The Labute approximate surface area is 142 Å². The van der Waals surface area contributed by atoms with Crippen molar-refractivity contribution in [2.24, 2.45) is 0 Å². The van der Waals surface area contributed by atoms with Crippen molar-refractivity contribution in [1.29, 1.82) is 0 Å². The zero-order valence-corrected chi connectivity index (χ0v) is 14.7. The van der Waals surface area contributed by atoms with Crippen molar-refractivity contribution in [3.8, 4) is 0 Å². The fraction of sp³-hybridized carbons (Fsp3) is 0.471. The van der Waals surface area contributed by atoms with Crippen LogP contribution in [0, 0.1) is 0 Å². The molecule has 0 amide bonds. The monoisotopic (exact) mass is 349 g/mol. The molecule has 0 atom stereocenters. The molecular weight excluding hydrogens is 326 g/mol. The molecule has 2 heterocycles. The summed E-state index contributed by atoms with van der Waals surface area (Å²) in [5.41, 5.74) is 3.39. The average Bonchev–Trinajstić information content (AvgIpc) is 2.99. The van der Waals surface area contributed by atoms with Gasteiger partial charge in [0.25, 0.3) is 0 Å². The Kier molecular flexibility index (Phi) is 5.33. The van der Waals surface area contributed by atoms with Gasteiger partial charge in [-0.15, -0.1) is 0 Å². The van der Waals surface area contributed by atoms with Gasteiger partial charge in [0, 0.05) is 24.2 Å². The molecule has 0 saturated heterocycles. The molecule has 1 aliphatic heterocycles. The Morgan fingerprint density at radius 2 is 2.08 bits per heavy atom. The smallest absolute Gasteiger partial charge is 0.240 e. The Morgan fingerprint density at radius 3 is 2.83 bits per heavy atom. The second-order valence-electron chi connectivity index (χ2n) is 5.93. The minimum Gasteiger partial charge on any atom is -0.376 e. The number of aromatic nitrogens is 2. The van der Waals surface area contributed by atoms with E-state index in [2.05, 4.69) is 16.7 Å². The lowest BCUT2D eigenvalue weighted by Gasteiger charge is -2.15. The van der Waals surface area contributed by atoms with Gasteiger partial charge < -0.3 is 4.74 Å². The zero-order chi connectivity index (χ0) is 17.0. The summed E-state index contributed by atoms with van der Waals surface area (Å²) < 4.78 is 34.6. The maximum atomic E-state index is 12.4. The first-order valence-electron chi connectivity index (χ1n) is 8.30. The summed E-state index contributed by atoms with van der Waals surface area (Å²) in [4.78, 5) is 0.304. The quantitative estimate of drug-likeness (QED) is 0.828. The predicted octanol–water partition coefficient (Wildman–Crippen LogP) is 1.89. The van der Waals surface area contributed by atoms with Gasteiger partial charge in [-0.1, -0.05) is 25.5 Å². The molecule has 24 heavy (non-hydrogen) atoms. The lowest BCUT2D eigenvalue weighted by Crippen LogP contribution is -2.28. The van der Waals surface area contributed by atoms with Crippen LogP contribution in [0.4, 0.5) is 0 Å². The summed E-state index contributed by atoms with van der Waals surface area (Å²) in [5, 5.41) is 4.32. The second kappa shape index (κ2) is 7.46. The van der Waals surface area contributed by atoms with Crippen LogP contribution in [0.3, 0.4) is 0 Å². The Balaban J connectivity index is 1.60. The van der Waals surface area contributed by atoms with E-state index in [1.165, 1.54) is 0 Å². The van der Waals surface area contributed by atoms with Gasteiger partial charge in [-0.25, -0.2) is 13.1 Å². The van der Waals surface area contributed by atoms with Crippen LogP contribution >= 0.6 is 0 Å². The van der Waals surface area contributed by atoms with E-state index < -0.39 is 10.0 Å². The molecule has 1 N–H and O–H groups in total. The van der Waals surface area contributed by atoms with Gasteiger partial charge in [-0.2, -0.15) is 5.10 Å². The molecule has 0 saturated carbocycles. The predicted molar refractivity (Wildman–Crippen MR) is 91.2 cm³/mol. The van der Waals surface area contributed by atoms with Crippen LogP contribution in [0.2, 0.25) is 0 Å². The third-order valence-electron chi connectivity index (χ3n) is 4.16. The first-order chi connectivity index (χ1) is 11.6. The Bertz CT molecular complexity index is 782. The van der Waals surface area contributed by atoms with E-state index in [1.807, 2.05) is 16.8 Å². The molecule has 1 aliphatic rings. The van der Waals surface area contributed by atoms with Gasteiger partial charge >= 0.3 is 0 Å². The lowest BCUT2D eigenvalue weighted by molar-refractivity contribution is 0.109. The van der Waals surface area contributed by atoms with Crippen LogP contribution in [0.1, 0.15) is 30.2 Å². The van der Waals surface area contributed by atoms with Crippen LogP contribution in [0.25, 0.3) is 0 Å². The highest BCUT2D eigenvalue weighted by molar-refractivity contribution is 7.89. The summed E-state index contributed by atoms with van der Waals surface area (Å²) in [7, 11) is -3.48. The Morgan fingerprint density at radius 1 is 1.29 bits per heavy atom. The minimum atomic E-state index is -3.48. The van der Waals surface area contributed by atoms with Gasteiger partial charge in [-0.05, 0) is 24.1 Å². The molecule has 0 spiro atoms. The molecule has 6 nitrogen and oxygen atoms in total. The van der Waals surface area contributed by atoms with E-state index >= 15 is 0 Å². The van der Waals surface area contributed by atoms with Gasteiger partial charge in [0.2, 0.25) is 10.0 Å². The molecule has 0 bridgehead atoms. The second-order valence-corrected chi connectivity index (χ2v) is 7.70. The highest BCUT2D eigenvalue weighted by Gasteiger charge is 2.17. The normalized spacial score (nSPS) is 14.5. The largest absolute Gasteiger partial charge is 0.376 e. The van der Waals surface area contributed by atoms with Crippen molar-refractivity contribution in [2.75, 3.05) is 13.2 Å². The number of fused-ring (bicyclic) bond motifs is 1. The third-order valence-corrected chi connectivity index (χ3v) is 5.64.